The molecule has 3 aromatic carbocycles. The number of carboxylic acid groups (broad SMARTS) is 1. The summed E-state index contributed by atoms with van der Waals surface area (Å²) in [5.41, 5.74) is 1.18. The Kier molecular flexibility index (Phi) is 7.77. The number of thiocarbonyl (C=S) groups is 1. The van der Waals surface area contributed by atoms with Crippen molar-refractivity contribution in [2.45, 2.75) is 6.61 Å². The molecule has 2 N–H and O–H groups in total. The largest absolute Gasteiger partial charge is 0.493 e. The van der Waals surface area contributed by atoms with Crippen LogP contribution in [0.3, 0.4) is 0 Å². The van der Waals surface area contributed by atoms with Crippen molar-refractivity contribution in [3.63, 3.8) is 0 Å². The monoisotopic (exact) mass is 556 g/mol. The first-order valence-corrected chi connectivity index (χ1v) is 11.8. The summed E-state index contributed by atoms with van der Waals surface area (Å²) in [5, 5.41) is 12.4. The van der Waals surface area contributed by atoms with E-state index >= 15 is 0 Å². The molecule has 37 heavy (non-hydrogen) atoms. The summed E-state index contributed by atoms with van der Waals surface area (Å²) in [6, 6.07) is 15.9. The van der Waals surface area contributed by atoms with Gasteiger partial charge in [0.05, 0.1) is 23.4 Å². The number of methoxy groups -OCH3 is 1. The van der Waals surface area contributed by atoms with E-state index in [-0.39, 0.29) is 39.3 Å². The average Bonchev–Trinajstić information content (AvgIpc) is 2.86. The summed E-state index contributed by atoms with van der Waals surface area (Å²) in [6.45, 7) is 0.205. The van der Waals surface area contributed by atoms with Gasteiger partial charge in [0.25, 0.3) is 11.8 Å². The quantitative estimate of drug-likeness (QED) is 0.236. The highest BCUT2D eigenvalue weighted by atomic mass is 35.5. The van der Waals surface area contributed by atoms with Crippen LogP contribution in [-0.2, 0) is 16.2 Å². The van der Waals surface area contributed by atoms with E-state index < -0.39 is 17.8 Å². The van der Waals surface area contributed by atoms with Crippen molar-refractivity contribution >= 4 is 70.1 Å². The van der Waals surface area contributed by atoms with Crippen LogP contribution in [0.2, 0.25) is 10.0 Å². The van der Waals surface area contributed by atoms with E-state index in [1.54, 1.807) is 18.2 Å². The zero-order valence-electron chi connectivity index (χ0n) is 19.2. The zero-order valence-corrected chi connectivity index (χ0v) is 21.5. The van der Waals surface area contributed by atoms with Gasteiger partial charge in [0.15, 0.2) is 16.6 Å². The van der Waals surface area contributed by atoms with Gasteiger partial charge in [0.1, 0.15) is 12.2 Å². The Balaban J connectivity index is 1.64. The molecule has 0 saturated carbocycles. The SMILES string of the molecule is COc1cc(C=C2C(=O)NC(=S)N(c3cccc(C(=O)O)c3)C2=O)cc(Cl)c1OCc1ccc(Cl)cc1. The summed E-state index contributed by atoms with van der Waals surface area (Å²) in [5.74, 6) is -2.03. The van der Waals surface area contributed by atoms with E-state index in [4.69, 9.17) is 44.9 Å². The number of aromatic carboxylic acids is 1. The van der Waals surface area contributed by atoms with Crippen molar-refractivity contribution < 1.29 is 29.0 Å². The van der Waals surface area contributed by atoms with Gasteiger partial charge in [-0.2, -0.15) is 0 Å². The molecule has 0 bridgehead atoms. The number of nitrogens with one attached hydrogen (secondary N) is 1. The van der Waals surface area contributed by atoms with Crippen LogP contribution in [0.25, 0.3) is 6.08 Å². The molecule has 11 heteroatoms. The van der Waals surface area contributed by atoms with Crippen LogP contribution >= 0.6 is 35.4 Å². The van der Waals surface area contributed by atoms with Gasteiger partial charge in [-0.25, -0.2) is 4.79 Å². The molecule has 0 unspecified atom stereocenters. The predicted octanol–water partition coefficient (Wildman–Crippen LogP) is 5.11. The summed E-state index contributed by atoms with van der Waals surface area (Å²) in [7, 11) is 1.44. The lowest BCUT2D eigenvalue weighted by atomic mass is 10.1. The first-order chi connectivity index (χ1) is 17.7. The van der Waals surface area contributed by atoms with Gasteiger partial charge in [0, 0.05) is 5.02 Å². The third-order valence-electron chi connectivity index (χ3n) is 5.31. The molecule has 1 fully saturated rings. The molecule has 0 aromatic heterocycles. The molecule has 0 spiro atoms. The standard InChI is InChI=1S/C26H18Cl2N2O6S/c1-35-21-11-15(10-20(28)22(21)36-13-14-5-7-17(27)8-6-14)9-19-23(31)29-26(37)30(24(19)32)18-4-2-3-16(12-18)25(33)34/h2-12H,13H2,1H3,(H,33,34)(H,29,31,37). The van der Waals surface area contributed by atoms with Crippen molar-refractivity contribution in [2.24, 2.45) is 0 Å². The number of hydrogen-bond donors (Lipinski definition) is 2. The predicted molar refractivity (Wildman–Crippen MR) is 143 cm³/mol. The Morgan fingerprint density at radius 2 is 1.84 bits per heavy atom. The van der Waals surface area contributed by atoms with Gasteiger partial charge in [-0.1, -0.05) is 41.4 Å². The minimum absolute atomic E-state index is 0.0405. The van der Waals surface area contributed by atoms with Gasteiger partial charge in [-0.3, -0.25) is 19.8 Å². The molecule has 1 aliphatic heterocycles. The fraction of sp³-hybridized carbons (Fsp3) is 0.0769. The molecule has 3 aromatic rings. The number of anilines is 1. The summed E-state index contributed by atoms with van der Waals surface area (Å²) in [4.78, 5) is 38.4. The number of hydrogen-bond acceptors (Lipinski definition) is 6. The molecule has 0 radical (unpaired) electrons. The second-order valence-electron chi connectivity index (χ2n) is 7.76. The Hall–Kier alpha value is -3.92. The number of nitrogens with zero attached hydrogens (tertiary/aromatic N) is 1. The van der Waals surface area contributed by atoms with E-state index in [2.05, 4.69) is 5.32 Å². The second-order valence-corrected chi connectivity index (χ2v) is 8.99. The van der Waals surface area contributed by atoms with E-state index in [0.717, 1.165) is 10.5 Å². The number of halogens is 2. The summed E-state index contributed by atoms with van der Waals surface area (Å²) >= 11 is 17.6. The first-order valence-electron chi connectivity index (χ1n) is 10.7. The van der Waals surface area contributed by atoms with Crippen LogP contribution in [0.4, 0.5) is 5.69 Å². The molecule has 188 valence electrons. The number of rotatable bonds is 7. The maximum Gasteiger partial charge on any atom is 0.335 e. The molecule has 0 atom stereocenters. The fourth-order valence-electron chi connectivity index (χ4n) is 3.54. The normalized spacial score (nSPS) is 14.5. The van der Waals surface area contributed by atoms with Gasteiger partial charge >= 0.3 is 5.97 Å². The second kappa shape index (κ2) is 11.0. The number of amides is 2. The number of carbonyl (C=O) groups excluding carboxylic acids is 2. The Morgan fingerprint density at radius 3 is 2.51 bits per heavy atom. The van der Waals surface area contributed by atoms with Crippen LogP contribution in [-0.4, -0.2) is 35.1 Å². The highest BCUT2D eigenvalue weighted by molar-refractivity contribution is 7.80. The van der Waals surface area contributed by atoms with Gasteiger partial charge in [-0.05, 0) is 71.9 Å². The van der Waals surface area contributed by atoms with Gasteiger partial charge < -0.3 is 14.6 Å². The van der Waals surface area contributed by atoms with Crippen LogP contribution in [0.15, 0.2) is 66.2 Å². The maximum absolute atomic E-state index is 13.3. The molecule has 2 amide bonds. The maximum atomic E-state index is 13.3. The van der Waals surface area contributed by atoms with Crippen LogP contribution < -0.4 is 19.7 Å². The van der Waals surface area contributed by atoms with Crippen LogP contribution in [0.5, 0.6) is 11.5 Å². The third-order valence-corrected chi connectivity index (χ3v) is 6.13. The number of carboxylic acids is 1. The molecule has 1 heterocycles. The Labute approximate surface area is 227 Å². The van der Waals surface area contributed by atoms with Gasteiger partial charge in [0.2, 0.25) is 0 Å². The van der Waals surface area contributed by atoms with Crippen molar-refractivity contribution in [3.05, 3.63) is 93.0 Å². The fourth-order valence-corrected chi connectivity index (χ4v) is 4.22. The zero-order chi connectivity index (χ0) is 26.7. The van der Waals surface area contributed by atoms with Crippen molar-refractivity contribution in [1.82, 2.24) is 5.32 Å². The van der Waals surface area contributed by atoms with Crippen LogP contribution in [0, 0.1) is 0 Å². The highest BCUT2D eigenvalue weighted by Crippen LogP contribution is 2.38. The number of ether oxygens (including phenoxy) is 2. The molecular weight excluding hydrogens is 539 g/mol. The minimum Gasteiger partial charge on any atom is -0.493 e. The lowest BCUT2D eigenvalue weighted by Gasteiger charge is -2.29. The van der Waals surface area contributed by atoms with Crippen molar-refractivity contribution in [2.75, 3.05) is 12.0 Å². The first kappa shape index (κ1) is 26.2. The van der Waals surface area contributed by atoms with Crippen molar-refractivity contribution in [1.29, 1.82) is 0 Å². The van der Waals surface area contributed by atoms with Gasteiger partial charge in [-0.15, -0.1) is 0 Å². The smallest absolute Gasteiger partial charge is 0.335 e. The Morgan fingerprint density at radius 1 is 1.11 bits per heavy atom. The molecule has 1 aliphatic rings. The molecule has 0 aliphatic carbocycles. The lowest BCUT2D eigenvalue weighted by molar-refractivity contribution is -0.122. The van der Waals surface area contributed by atoms with E-state index in [0.29, 0.717) is 16.3 Å². The highest BCUT2D eigenvalue weighted by Gasteiger charge is 2.35. The Bertz CT molecular complexity index is 1460. The van der Waals surface area contributed by atoms with Crippen LogP contribution in [0.1, 0.15) is 21.5 Å². The molecule has 8 nitrogen and oxygen atoms in total. The molecule has 1 saturated heterocycles. The molecular formula is C26H18Cl2N2O6S. The lowest BCUT2D eigenvalue weighted by Crippen LogP contribution is -2.54. The van der Waals surface area contributed by atoms with E-state index in [1.807, 2.05) is 12.1 Å². The summed E-state index contributed by atoms with van der Waals surface area (Å²) < 4.78 is 11.3. The molecule has 4 rings (SSSR count). The average molecular weight is 557 g/mol. The van der Waals surface area contributed by atoms with E-state index in [1.165, 1.54) is 43.5 Å². The number of carbonyl (C=O) groups is 3. The third kappa shape index (κ3) is 5.75. The van der Waals surface area contributed by atoms with E-state index in [9.17, 15) is 19.5 Å². The minimum atomic E-state index is -1.17. The summed E-state index contributed by atoms with van der Waals surface area (Å²) in [6.07, 6.45) is 1.34. The number of benzene rings is 3. The van der Waals surface area contributed by atoms with Crippen molar-refractivity contribution in [3.8, 4) is 11.5 Å². The topological polar surface area (TPSA) is 105 Å².